The fourth-order valence-electron chi connectivity index (χ4n) is 4.13. The van der Waals surface area contributed by atoms with Crippen LogP contribution in [0.4, 0.5) is 5.69 Å². The van der Waals surface area contributed by atoms with Crippen molar-refractivity contribution in [2.45, 2.75) is 19.3 Å². The minimum atomic E-state index is 0.0750. The molecule has 0 aliphatic carbocycles. The number of carbonyl (C=O) groups excluding carboxylic acids is 2. The summed E-state index contributed by atoms with van der Waals surface area (Å²) >= 11 is 0. The van der Waals surface area contributed by atoms with Crippen molar-refractivity contribution in [1.29, 1.82) is 0 Å². The van der Waals surface area contributed by atoms with Crippen molar-refractivity contribution in [3.63, 3.8) is 0 Å². The van der Waals surface area contributed by atoms with Gasteiger partial charge in [0.2, 0.25) is 5.91 Å². The molecule has 1 aliphatic heterocycles. The summed E-state index contributed by atoms with van der Waals surface area (Å²) in [5, 5.41) is 3.12. The molecule has 0 atom stereocenters. The van der Waals surface area contributed by atoms with Gasteiger partial charge < -0.3 is 10.2 Å². The standard InChI is InChI=1S/C27H28N2O2/c30-20-22-8-12-26(13-9-22)29-18-15-25(16-19-29)27(31)28-17-14-21-6-10-24(11-7-21)23-4-2-1-3-5-23/h1-13,20,25H,14-19H2,(H,28,31). The fourth-order valence-corrected chi connectivity index (χ4v) is 4.13. The van der Waals surface area contributed by atoms with E-state index in [1.54, 1.807) is 0 Å². The van der Waals surface area contributed by atoms with Gasteiger partial charge in [-0.15, -0.1) is 0 Å². The van der Waals surface area contributed by atoms with Gasteiger partial charge in [-0.1, -0.05) is 54.6 Å². The largest absolute Gasteiger partial charge is 0.371 e. The summed E-state index contributed by atoms with van der Waals surface area (Å²) in [7, 11) is 0. The molecule has 1 fully saturated rings. The summed E-state index contributed by atoms with van der Waals surface area (Å²) in [6, 6.07) is 26.6. The molecule has 1 N–H and O–H groups in total. The number of nitrogens with one attached hydrogen (secondary N) is 1. The first-order chi connectivity index (χ1) is 15.2. The number of aldehydes is 1. The molecule has 0 aromatic heterocycles. The monoisotopic (exact) mass is 412 g/mol. The molecular formula is C27H28N2O2. The van der Waals surface area contributed by atoms with Crippen LogP contribution in [-0.2, 0) is 11.2 Å². The zero-order valence-electron chi connectivity index (χ0n) is 17.7. The summed E-state index contributed by atoms with van der Waals surface area (Å²) in [5.41, 5.74) is 5.46. The van der Waals surface area contributed by atoms with Crippen LogP contribution in [0.25, 0.3) is 11.1 Å². The molecule has 158 valence electrons. The molecule has 1 heterocycles. The van der Waals surface area contributed by atoms with E-state index in [2.05, 4.69) is 46.6 Å². The van der Waals surface area contributed by atoms with Crippen LogP contribution in [0.15, 0.2) is 78.9 Å². The van der Waals surface area contributed by atoms with E-state index in [9.17, 15) is 9.59 Å². The number of rotatable bonds is 7. The van der Waals surface area contributed by atoms with Crippen molar-refractivity contribution in [3.05, 3.63) is 90.0 Å². The van der Waals surface area contributed by atoms with Gasteiger partial charge in [-0.05, 0) is 60.2 Å². The zero-order chi connectivity index (χ0) is 21.5. The van der Waals surface area contributed by atoms with Crippen molar-refractivity contribution >= 4 is 17.9 Å². The second-order valence-corrected chi connectivity index (χ2v) is 8.07. The van der Waals surface area contributed by atoms with E-state index in [1.807, 2.05) is 42.5 Å². The van der Waals surface area contributed by atoms with Crippen LogP contribution in [0.2, 0.25) is 0 Å². The van der Waals surface area contributed by atoms with Crippen LogP contribution in [0.3, 0.4) is 0 Å². The molecule has 3 aromatic carbocycles. The first-order valence-corrected chi connectivity index (χ1v) is 11.0. The van der Waals surface area contributed by atoms with Crippen LogP contribution < -0.4 is 10.2 Å². The molecule has 4 rings (SSSR count). The second kappa shape index (κ2) is 10.1. The van der Waals surface area contributed by atoms with Gasteiger partial charge in [-0.3, -0.25) is 9.59 Å². The molecule has 0 saturated carbocycles. The zero-order valence-corrected chi connectivity index (χ0v) is 17.7. The third-order valence-corrected chi connectivity index (χ3v) is 6.03. The quantitative estimate of drug-likeness (QED) is 0.570. The molecule has 4 heteroatoms. The van der Waals surface area contributed by atoms with E-state index in [-0.39, 0.29) is 11.8 Å². The summed E-state index contributed by atoms with van der Waals surface area (Å²) < 4.78 is 0. The molecule has 1 saturated heterocycles. The molecule has 3 aromatic rings. The van der Waals surface area contributed by atoms with Gasteiger partial charge in [0.1, 0.15) is 6.29 Å². The normalized spacial score (nSPS) is 14.3. The molecular weight excluding hydrogens is 384 g/mol. The number of hydrogen-bond donors (Lipinski definition) is 1. The van der Waals surface area contributed by atoms with E-state index < -0.39 is 0 Å². The molecule has 0 spiro atoms. The van der Waals surface area contributed by atoms with Crippen molar-refractivity contribution in [2.24, 2.45) is 5.92 Å². The third-order valence-electron chi connectivity index (χ3n) is 6.03. The number of amides is 1. The maximum Gasteiger partial charge on any atom is 0.223 e. The lowest BCUT2D eigenvalue weighted by molar-refractivity contribution is -0.125. The predicted molar refractivity (Wildman–Crippen MR) is 125 cm³/mol. The Morgan fingerprint density at radius 3 is 2.16 bits per heavy atom. The maximum atomic E-state index is 12.6. The minimum absolute atomic E-state index is 0.0750. The first kappa shape index (κ1) is 20.9. The van der Waals surface area contributed by atoms with Gasteiger partial charge in [-0.25, -0.2) is 0 Å². The SMILES string of the molecule is O=Cc1ccc(N2CCC(C(=O)NCCc3ccc(-c4ccccc4)cc3)CC2)cc1. The van der Waals surface area contributed by atoms with E-state index in [4.69, 9.17) is 0 Å². The smallest absolute Gasteiger partial charge is 0.223 e. The lowest BCUT2D eigenvalue weighted by atomic mass is 9.95. The van der Waals surface area contributed by atoms with Crippen molar-refractivity contribution in [1.82, 2.24) is 5.32 Å². The van der Waals surface area contributed by atoms with E-state index >= 15 is 0 Å². The molecule has 1 amide bonds. The van der Waals surface area contributed by atoms with E-state index in [0.29, 0.717) is 12.1 Å². The highest BCUT2D eigenvalue weighted by Gasteiger charge is 2.24. The Hall–Kier alpha value is -3.40. The second-order valence-electron chi connectivity index (χ2n) is 8.07. The third kappa shape index (κ3) is 5.40. The molecule has 0 bridgehead atoms. The average molecular weight is 413 g/mol. The van der Waals surface area contributed by atoms with Crippen LogP contribution in [-0.4, -0.2) is 31.8 Å². The minimum Gasteiger partial charge on any atom is -0.371 e. The molecule has 0 unspecified atom stereocenters. The van der Waals surface area contributed by atoms with Gasteiger partial charge in [0, 0.05) is 36.8 Å². The van der Waals surface area contributed by atoms with Gasteiger partial charge >= 0.3 is 0 Å². The van der Waals surface area contributed by atoms with Crippen LogP contribution in [0, 0.1) is 5.92 Å². The Bertz CT molecular complexity index is 990. The Morgan fingerprint density at radius 2 is 1.52 bits per heavy atom. The predicted octanol–water partition coefficient (Wildman–Crippen LogP) is 4.74. The van der Waals surface area contributed by atoms with Crippen molar-refractivity contribution < 1.29 is 9.59 Å². The van der Waals surface area contributed by atoms with Crippen LogP contribution >= 0.6 is 0 Å². The van der Waals surface area contributed by atoms with E-state index in [1.165, 1.54) is 16.7 Å². The van der Waals surface area contributed by atoms with Gasteiger partial charge in [0.25, 0.3) is 0 Å². The average Bonchev–Trinajstić information content (AvgIpc) is 2.85. The summed E-state index contributed by atoms with van der Waals surface area (Å²) in [6.07, 6.45) is 3.40. The van der Waals surface area contributed by atoms with Crippen LogP contribution in [0.1, 0.15) is 28.8 Å². The highest BCUT2D eigenvalue weighted by molar-refractivity contribution is 5.79. The highest BCUT2D eigenvalue weighted by atomic mass is 16.1. The number of nitrogens with zero attached hydrogens (tertiary/aromatic N) is 1. The lowest BCUT2D eigenvalue weighted by Crippen LogP contribution is -2.41. The molecule has 31 heavy (non-hydrogen) atoms. The van der Waals surface area contributed by atoms with Gasteiger partial charge in [-0.2, -0.15) is 0 Å². The van der Waals surface area contributed by atoms with Crippen molar-refractivity contribution in [3.8, 4) is 11.1 Å². The Morgan fingerprint density at radius 1 is 0.871 bits per heavy atom. The van der Waals surface area contributed by atoms with Crippen molar-refractivity contribution in [2.75, 3.05) is 24.5 Å². The molecule has 1 aliphatic rings. The Balaban J connectivity index is 1.21. The summed E-state index contributed by atoms with van der Waals surface area (Å²) in [5.74, 6) is 0.239. The van der Waals surface area contributed by atoms with Gasteiger partial charge in [0.05, 0.1) is 0 Å². The first-order valence-electron chi connectivity index (χ1n) is 11.0. The Kier molecular flexibility index (Phi) is 6.78. The topological polar surface area (TPSA) is 49.4 Å². The summed E-state index contributed by atoms with van der Waals surface area (Å²) in [4.78, 5) is 25.7. The van der Waals surface area contributed by atoms with E-state index in [0.717, 1.165) is 44.3 Å². The van der Waals surface area contributed by atoms with Gasteiger partial charge in [0.15, 0.2) is 0 Å². The number of piperidine rings is 1. The number of carbonyl (C=O) groups is 2. The maximum absolute atomic E-state index is 12.6. The molecule has 0 radical (unpaired) electrons. The van der Waals surface area contributed by atoms with Crippen LogP contribution in [0.5, 0.6) is 0 Å². The summed E-state index contributed by atoms with van der Waals surface area (Å²) in [6.45, 7) is 2.38. The number of benzene rings is 3. The highest BCUT2D eigenvalue weighted by Crippen LogP contribution is 2.24. The Labute approximate surface area is 183 Å². The fraction of sp³-hybridized carbons (Fsp3) is 0.259. The number of anilines is 1. The molecule has 4 nitrogen and oxygen atoms in total. The lowest BCUT2D eigenvalue weighted by Gasteiger charge is -2.33. The number of hydrogen-bond acceptors (Lipinski definition) is 3.